The maximum absolute atomic E-state index is 12.9. The molecule has 0 bridgehead atoms. The SMILES string of the molecule is CC/C(F)=C\C(NC(=O)CN)=C(/C)Cl. The number of halogens is 2. The Labute approximate surface area is 87.8 Å². The van der Waals surface area contributed by atoms with Gasteiger partial charge in [-0.2, -0.15) is 0 Å². The minimum atomic E-state index is -0.403. The molecule has 0 fully saturated rings. The predicted octanol–water partition coefficient (Wildman–Crippen LogP) is 1.79. The lowest BCUT2D eigenvalue weighted by molar-refractivity contribution is -0.118. The van der Waals surface area contributed by atoms with Gasteiger partial charge in [-0.15, -0.1) is 0 Å². The van der Waals surface area contributed by atoms with Crippen LogP contribution in [0.5, 0.6) is 0 Å². The monoisotopic (exact) mass is 220 g/mol. The van der Waals surface area contributed by atoms with Gasteiger partial charge < -0.3 is 11.1 Å². The molecule has 0 unspecified atom stereocenters. The second kappa shape index (κ2) is 6.56. The molecule has 1 amide bonds. The summed E-state index contributed by atoms with van der Waals surface area (Å²) in [5.41, 5.74) is 5.34. The number of amides is 1. The van der Waals surface area contributed by atoms with E-state index in [0.717, 1.165) is 0 Å². The first-order chi connectivity index (χ1) is 6.51. The summed E-state index contributed by atoms with van der Waals surface area (Å²) < 4.78 is 12.9. The normalized spacial score (nSPS) is 13.6. The lowest BCUT2D eigenvalue weighted by Gasteiger charge is -2.05. The van der Waals surface area contributed by atoms with Gasteiger partial charge in [0.2, 0.25) is 5.91 Å². The average Bonchev–Trinajstić information content (AvgIpc) is 2.16. The quantitative estimate of drug-likeness (QED) is 0.710. The van der Waals surface area contributed by atoms with Crippen LogP contribution >= 0.6 is 11.6 Å². The lowest BCUT2D eigenvalue weighted by atomic mass is 10.3. The van der Waals surface area contributed by atoms with E-state index >= 15 is 0 Å². The highest BCUT2D eigenvalue weighted by Crippen LogP contribution is 2.12. The zero-order valence-corrected chi connectivity index (χ0v) is 8.99. The maximum atomic E-state index is 12.9. The summed E-state index contributed by atoms with van der Waals surface area (Å²) >= 11 is 5.66. The Kier molecular flexibility index (Phi) is 6.16. The fraction of sp³-hybridized carbons (Fsp3) is 0.444. The number of carbonyl (C=O) groups is 1. The van der Waals surface area contributed by atoms with Crippen molar-refractivity contribution >= 4 is 17.5 Å². The highest BCUT2D eigenvalue weighted by molar-refractivity contribution is 6.29. The van der Waals surface area contributed by atoms with E-state index in [9.17, 15) is 9.18 Å². The molecular weight excluding hydrogens is 207 g/mol. The topological polar surface area (TPSA) is 55.1 Å². The van der Waals surface area contributed by atoms with Gasteiger partial charge in [-0.25, -0.2) is 4.39 Å². The molecule has 3 nitrogen and oxygen atoms in total. The zero-order chi connectivity index (χ0) is 11.1. The fourth-order valence-electron chi connectivity index (χ4n) is 0.682. The van der Waals surface area contributed by atoms with Crippen molar-refractivity contribution in [3.05, 3.63) is 22.6 Å². The van der Waals surface area contributed by atoms with Crippen LogP contribution in [0.1, 0.15) is 20.3 Å². The van der Waals surface area contributed by atoms with E-state index in [-0.39, 0.29) is 24.5 Å². The van der Waals surface area contributed by atoms with Gasteiger partial charge in [0.25, 0.3) is 0 Å². The van der Waals surface area contributed by atoms with Gasteiger partial charge in [-0.1, -0.05) is 18.5 Å². The summed E-state index contributed by atoms with van der Waals surface area (Å²) in [6.07, 6.45) is 1.45. The molecule has 3 N–H and O–H groups in total. The van der Waals surface area contributed by atoms with Crippen LogP contribution in [0.4, 0.5) is 4.39 Å². The number of nitrogens with one attached hydrogen (secondary N) is 1. The molecule has 0 atom stereocenters. The van der Waals surface area contributed by atoms with Crippen LogP contribution in [-0.4, -0.2) is 12.5 Å². The van der Waals surface area contributed by atoms with Crippen molar-refractivity contribution in [2.45, 2.75) is 20.3 Å². The van der Waals surface area contributed by atoms with E-state index in [2.05, 4.69) is 5.32 Å². The van der Waals surface area contributed by atoms with Crippen molar-refractivity contribution in [2.24, 2.45) is 5.73 Å². The highest BCUT2D eigenvalue weighted by atomic mass is 35.5. The van der Waals surface area contributed by atoms with E-state index in [1.54, 1.807) is 13.8 Å². The predicted molar refractivity (Wildman–Crippen MR) is 55.2 cm³/mol. The van der Waals surface area contributed by atoms with Crippen LogP contribution in [0.25, 0.3) is 0 Å². The van der Waals surface area contributed by atoms with Crippen LogP contribution in [0.2, 0.25) is 0 Å². The number of hydrogen-bond acceptors (Lipinski definition) is 2. The molecule has 5 heteroatoms. The van der Waals surface area contributed by atoms with Crippen molar-refractivity contribution in [3.8, 4) is 0 Å². The standard InChI is InChI=1S/C9H14ClFN2O/c1-3-7(11)4-8(6(2)10)13-9(14)5-12/h4H,3,5,12H2,1-2H3,(H,13,14)/b7-4+,8-6-. The summed E-state index contributed by atoms with van der Waals surface area (Å²) in [4.78, 5) is 10.9. The number of nitrogens with two attached hydrogens (primary N) is 1. The summed E-state index contributed by atoms with van der Waals surface area (Å²) in [6, 6.07) is 0. The molecule has 80 valence electrons. The molecular formula is C9H14ClFN2O. The molecule has 0 spiro atoms. The Morgan fingerprint density at radius 1 is 1.64 bits per heavy atom. The largest absolute Gasteiger partial charge is 0.324 e. The van der Waals surface area contributed by atoms with Crippen LogP contribution < -0.4 is 11.1 Å². The third-order valence-electron chi connectivity index (χ3n) is 1.47. The van der Waals surface area contributed by atoms with Gasteiger partial charge >= 0.3 is 0 Å². The molecule has 0 aliphatic carbocycles. The Hall–Kier alpha value is -0.870. The summed E-state index contributed by atoms with van der Waals surface area (Å²) in [5, 5.41) is 2.71. The van der Waals surface area contributed by atoms with Gasteiger partial charge in [0.05, 0.1) is 12.2 Å². The Balaban J connectivity index is 4.66. The van der Waals surface area contributed by atoms with Crippen LogP contribution in [0, 0.1) is 0 Å². The minimum Gasteiger partial charge on any atom is -0.324 e. The second-order valence-electron chi connectivity index (χ2n) is 2.64. The first kappa shape index (κ1) is 13.1. The minimum absolute atomic E-state index is 0.157. The van der Waals surface area contributed by atoms with Gasteiger partial charge in [0.1, 0.15) is 5.83 Å². The number of rotatable bonds is 4. The zero-order valence-electron chi connectivity index (χ0n) is 8.23. The molecule has 0 rings (SSSR count). The van der Waals surface area contributed by atoms with Crippen molar-refractivity contribution < 1.29 is 9.18 Å². The number of carbonyl (C=O) groups excluding carboxylic acids is 1. The summed E-state index contributed by atoms with van der Waals surface area (Å²) in [7, 11) is 0. The number of hydrogen-bond donors (Lipinski definition) is 2. The summed E-state index contributed by atoms with van der Waals surface area (Å²) in [6.45, 7) is 3.07. The van der Waals surface area contributed by atoms with Gasteiger partial charge in [0.15, 0.2) is 0 Å². The lowest BCUT2D eigenvalue weighted by Crippen LogP contribution is -2.29. The van der Waals surface area contributed by atoms with E-state index in [0.29, 0.717) is 5.03 Å². The molecule has 0 aromatic rings. The Morgan fingerprint density at radius 2 is 2.21 bits per heavy atom. The van der Waals surface area contributed by atoms with Gasteiger partial charge in [0, 0.05) is 5.03 Å². The molecule has 0 radical (unpaired) electrons. The van der Waals surface area contributed by atoms with E-state index in [4.69, 9.17) is 17.3 Å². The first-order valence-corrected chi connectivity index (χ1v) is 4.61. The smallest absolute Gasteiger partial charge is 0.238 e. The molecule has 0 aromatic heterocycles. The van der Waals surface area contributed by atoms with Crippen molar-refractivity contribution in [2.75, 3.05) is 6.54 Å². The van der Waals surface area contributed by atoms with Crippen LogP contribution in [0.3, 0.4) is 0 Å². The molecule has 0 aromatic carbocycles. The Morgan fingerprint density at radius 3 is 2.57 bits per heavy atom. The molecule has 0 aliphatic rings. The van der Waals surface area contributed by atoms with E-state index in [1.165, 1.54) is 6.08 Å². The third kappa shape index (κ3) is 4.99. The first-order valence-electron chi connectivity index (χ1n) is 4.23. The molecule has 0 saturated carbocycles. The maximum Gasteiger partial charge on any atom is 0.238 e. The molecule has 0 saturated heterocycles. The highest BCUT2D eigenvalue weighted by Gasteiger charge is 2.04. The van der Waals surface area contributed by atoms with E-state index in [1.807, 2.05) is 0 Å². The van der Waals surface area contributed by atoms with Crippen molar-refractivity contribution in [1.29, 1.82) is 0 Å². The van der Waals surface area contributed by atoms with Crippen molar-refractivity contribution in [1.82, 2.24) is 5.32 Å². The molecule has 14 heavy (non-hydrogen) atoms. The Bertz CT molecular complexity index is 270. The van der Waals surface area contributed by atoms with E-state index < -0.39 is 5.91 Å². The van der Waals surface area contributed by atoms with Crippen LogP contribution in [-0.2, 0) is 4.79 Å². The molecule has 0 aliphatic heterocycles. The van der Waals surface area contributed by atoms with Gasteiger partial charge in [-0.05, 0) is 19.4 Å². The van der Waals surface area contributed by atoms with Crippen LogP contribution in [0.15, 0.2) is 22.6 Å². The summed E-state index contributed by atoms with van der Waals surface area (Å²) in [5.74, 6) is -0.752. The molecule has 0 heterocycles. The van der Waals surface area contributed by atoms with Gasteiger partial charge in [-0.3, -0.25) is 4.79 Å². The van der Waals surface area contributed by atoms with Crippen molar-refractivity contribution in [3.63, 3.8) is 0 Å². The second-order valence-corrected chi connectivity index (χ2v) is 3.21. The fourth-order valence-corrected chi connectivity index (χ4v) is 0.783. The number of allylic oxidation sites excluding steroid dienone is 3. The average molecular weight is 221 g/mol. The third-order valence-corrected chi connectivity index (χ3v) is 1.67.